The molecule has 0 bridgehead atoms. The standard InChI is InChI=1S/C19H21NO6S/c1-19(2)25-16(21)14(17(22)26-19)15(27-4)11-6-5-10-7-8-13(12(10)9-11)20(3)18(23)24/h5-6,9,13H,7-8H2,1-4H3,(H,23,24). The molecule has 0 saturated carbocycles. The minimum atomic E-state index is -1.30. The lowest BCUT2D eigenvalue weighted by Crippen LogP contribution is -2.42. The largest absolute Gasteiger partial charge is 0.465 e. The number of benzene rings is 1. The van der Waals surface area contributed by atoms with Gasteiger partial charge in [-0.25, -0.2) is 14.4 Å². The topological polar surface area (TPSA) is 93.1 Å². The van der Waals surface area contributed by atoms with Gasteiger partial charge in [-0.3, -0.25) is 0 Å². The Labute approximate surface area is 161 Å². The number of rotatable bonds is 3. The summed E-state index contributed by atoms with van der Waals surface area (Å²) in [5.41, 5.74) is 2.48. The zero-order chi connectivity index (χ0) is 19.9. The van der Waals surface area contributed by atoms with Crippen LogP contribution in [0.4, 0.5) is 4.79 Å². The van der Waals surface area contributed by atoms with Gasteiger partial charge in [0, 0.05) is 25.8 Å². The first-order chi connectivity index (χ1) is 12.6. The first-order valence-electron chi connectivity index (χ1n) is 8.48. The molecule has 7 nitrogen and oxygen atoms in total. The van der Waals surface area contributed by atoms with Crippen molar-refractivity contribution in [3.63, 3.8) is 0 Å². The number of amides is 1. The molecule has 1 heterocycles. The number of fused-ring (bicyclic) bond motifs is 1. The van der Waals surface area contributed by atoms with Gasteiger partial charge in [0.1, 0.15) is 0 Å². The molecule has 0 aromatic heterocycles. The summed E-state index contributed by atoms with van der Waals surface area (Å²) in [5.74, 6) is -2.74. The van der Waals surface area contributed by atoms with Crippen LogP contribution in [0.3, 0.4) is 0 Å². The van der Waals surface area contributed by atoms with E-state index in [-0.39, 0.29) is 11.6 Å². The molecule has 0 spiro atoms. The molecule has 8 heteroatoms. The summed E-state index contributed by atoms with van der Waals surface area (Å²) in [5, 5.41) is 9.31. The zero-order valence-corrected chi connectivity index (χ0v) is 16.4. The predicted molar refractivity (Wildman–Crippen MR) is 100.0 cm³/mol. The maximum atomic E-state index is 12.4. The Balaban J connectivity index is 2.06. The van der Waals surface area contributed by atoms with Crippen LogP contribution < -0.4 is 0 Å². The average Bonchev–Trinajstić information content (AvgIpc) is 2.99. The molecule has 27 heavy (non-hydrogen) atoms. The van der Waals surface area contributed by atoms with E-state index in [1.54, 1.807) is 13.3 Å². The summed E-state index contributed by atoms with van der Waals surface area (Å²) < 4.78 is 10.4. The quantitative estimate of drug-likeness (QED) is 0.480. The summed E-state index contributed by atoms with van der Waals surface area (Å²) in [6.45, 7) is 3.00. The van der Waals surface area contributed by atoms with E-state index in [0.29, 0.717) is 16.9 Å². The van der Waals surface area contributed by atoms with Crippen LogP contribution in [0.2, 0.25) is 0 Å². The van der Waals surface area contributed by atoms with Crippen molar-refractivity contribution < 1.29 is 29.0 Å². The highest BCUT2D eigenvalue weighted by atomic mass is 32.2. The normalized spacial score (nSPS) is 20.6. The lowest BCUT2D eigenvalue weighted by atomic mass is 10.0. The number of carbonyl (C=O) groups is 3. The number of ether oxygens (including phenoxy) is 2. The van der Waals surface area contributed by atoms with E-state index < -0.39 is 23.8 Å². The SMILES string of the molecule is CSC(=C1C(=O)OC(C)(C)OC1=O)c1ccc2c(c1)C(N(C)C(=O)O)CC2. The molecule has 3 rings (SSSR count). The molecule has 1 aliphatic carbocycles. The molecule has 1 saturated heterocycles. The number of esters is 2. The molecular formula is C19H21NO6S. The highest BCUT2D eigenvalue weighted by Crippen LogP contribution is 2.40. The predicted octanol–water partition coefficient (Wildman–Crippen LogP) is 3.19. The number of thioether (sulfide) groups is 1. The van der Waals surface area contributed by atoms with E-state index in [0.717, 1.165) is 17.5 Å². The number of carboxylic acid groups (broad SMARTS) is 1. The molecule has 1 amide bonds. The van der Waals surface area contributed by atoms with Crippen LogP contribution in [0.1, 0.15) is 43.0 Å². The maximum Gasteiger partial charge on any atom is 0.407 e. The Morgan fingerprint density at radius 3 is 2.44 bits per heavy atom. The van der Waals surface area contributed by atoms with Gasteiger partial charge in [0.2, 0.25) is 0 Å². The molecule has 0 radical (unpaired) electrons. The minimum Gasteiger partial charge on any atom is -0.465 e. The molecule has 2 aliphatic rings. The van der Waals surface area contributed by atoms with Crippen molar-refractivity contribution in [1.82, 2.24) is 4.90 Å². The summed E-state index contributed by atoms with van der Waals surface area (Å²) in [4.78, 5) is 37.9. The molecule has 1 atom stereocenters. The van der Waals surface area contributed by atoms with Crippen LogP contribution in [0.5, 0.6) is 0 Å². The average molecular weight is 391 g/mol. The van der Waals surface area contributed by atoms with Gasteiger partial charge >= 0.3 is 18.0 Å². The Kier molecular flexibility index (Phi) is 4.94. The van der Waals surface area contributed by atoms with Gasteiger partial charge < -0.3 is 19.5 Å². The summed E-state index contributed by atoms with van der Waals surface area (Å²) in [6.07, 6.45) is 2.24. The van der Waals surface area contributed by atoms with E-state index in [4.69, 9.17) is 9.47 Å². The van der Waals surface area contributed by atoms with Crippen molar-refractivity contribution in [1.29, 1.82) is 0 Å². The van der Waals surface area contributed by atoms with Crippen LogP contribution >= 0.6 is 11.8 Å². The third-order valence-electron chi connectivity index (χ3n) is 4.74. The fourth-order valence-corrected chi connectivity index (χ4v) is 4.19. The summed E-state index contributed by atoms with van der Waals surface area (Å²) in [7, 11) is 1.54. The highest BCUT2D eigenvalue weighted by Gasteiger charge is 2.41. The van der Waals surface area contributed by atoms with Gasteiger partial charge in [0.15, 0.2) is 5.57 Å². The summed E-state index contributed by atoms with van der Waals surface area (Å²) >= 11 is 1.25. The molecular weight excluding hydrogens is 370 g/mol. The second-order valence-corrected chi connectivity index (χ2v) is 7.77. The van der Waals surface area contributed by atoms with Crippen LogP contribution in [0.15, 0.2) is 23.8 Å². The highest BCUT2D eigenvalue weighted by molar-refractivity contribution is 8.07. The molecule has 1 aromatic rings. The van der Waals surface area contributed by atoms with E-state index in [2.05, 4.69) is 0 Å². The van der Waals surface area contributed by atoms with Crippen molar-refractivity contribution >= 4 is 34.7 Å². The molecule has 1 aliphatic heterocycles. The smallest absolute Gasteiger partial charge is 0.407 e. The van der Waals surface area contributed by atoms with Gasteiger partial charge in [-0.05, 0) is 41.9 Å². The molecule has 1 N–H and O–H groups in total. The number of aryl methyl sites for hydroxylation is 1. The second kappa shape index (κ2) is 6.92. The first kappa shape index (κ1) is 19.3. The number of hydrogen-bond acceptors (Lipinski definition) is 6. The lowest BCUT2D eigenvalue weighted by molar-refractivity contribution is -0.222. The fraction of sp³-hybridized carbons (Fsp3) is 0.421. The molecule has 1 fully saturated rings. The van der Waals surface area contributed by atoms with Crippen LogP contribution in [-0.2, 0) is 25.5 Å². The monoisotopic (exact) mass is 391 g/mol. The Morgan fingerprint density at radius 1 is 1.26 bits per heavy atom. The van der Waals surface area contributed by atoms with Crippen molar-refractivity contribution in [2.45, 2.75) is 38.5 Å². The Morgan fingerprint density at radius 2 is 1.89 bits per heavy atom. The van der Waals surface area contributed by atoms with Crippen LogP contribution in [-0.4, -0.2) is 47.1 Å². The summed E-state index contributed by atoms with van der Waals surface area (Å²) in [6, 6.07) is 5.35. The minimum absolute atomic E-state index is 0.136. The molecule has 144 valence electrons. The van der Waals surface area contributed by atoms with E-state index in [9.17, 15) is 19.5 Å². The second-order valence-electron chi connectivity index (χ2n) is 6.95. The van der Waals surface area contributed by atoms with E-state index in [1.165, 1.54) is 30.5 Å². The Hall–Kier alpha value is -2.48. The first-order valence-corrected chi connectivity index (χ1v) is 9.71. The van der Waals surface area contributed by atoms with E-state index in [1.807, 2.05) is 18.2 Å². The molecule has 1 aromatic carbocycles. The van der Waals surface area contributed by atoms with Crippen molar-refractivity contribution in [2.24, 2.45) is 0 Å². The lowest BCUT2D eigenvalue weighted by Gasteiger charge is -2.30. The van der Waals surface area contributed by atoms with Crippen molar-refractivity contribution in [2.75, 3.05) is 13.3 Å². The van der Waals surface area contributed by atoms with Gasteiger partial charge in [-0.15, -0.1) is 11.8 Å². The van der Waals surface area contributed by atoms with Crippen molar-refractivity contribution in [3.8, 4) is 0 Å². The van der Waals surface area contributed by atoms with Crippen LogP contribution in [0, 0.1) is 0 Å². The van der Waals surface area contributed by atoms with Gasteiger partial charge in [-0.1, -0.05) is 12.1 Å². The van der Waals surface area contributed by atoms with Gasteiger partial charge in [-0.2, -0.15) is 0 Å². The third kappa shape index (κ3) is 3.53. The molecule has 1 unspecified atom stereocenters. The van der Waals surface area contributed by atoms with Crippen molar-refractivity contribution in [3.05, 3.63) is 40.5 Å². The van der Waals surface area contributed by atoms with Gasteiger partial charge in [0.25, 0.3) is 5.79 Å². The fourth-order valence-electron chi connectivity index (χ4n) is 3.46. The number of nitrogens with zero attached hydrogens (tertiary/aromatic N) is 1. The number of hydrogen-bond donors (Lipinski definition) is 1. The third-order valence-corrected chi connectivity index (χ3v) is 5.59. The Bertz CT molecular complexity index is 838. The maximum absolute atomic E-state index is 12.4. The number of carbonyl (C=O) groups excluding carboxylic acids is 2. The van der Waals surface area contributed by atoms with E-state index >= 15 is 0 Å². The van der Waals surface area contributed by atoms with Gasteiger partial charge in [0.05, 0.1) is 6.04 Å². The zero-order valence-electron chi connectivity index (χ0n) is 15.6. The van der Waals surface area contributed by atoms with Crippen LogP contribution in [0.25, 0.3) is 4.91 Å². The number of cyclic esters (lactones) is 2.